The predicted molar refractivity (Wildman–Crippen MR) is 83.5 cm³/mol. The molecule has 0 aliphatic heterocycles. The summed E-state index contributed by atoms with van der Waals surface area (Å²) < 4.78 is 0. The minimum Gasteiger partial charge on any atom is -0.0579 e. The van der Waals surface area contributed by atoms with Gasteiger partial charge in [0.25, 0.3) is 0 Å². The van der Waals surface area contributed by atoms with E-state index in [4.69, 9.17) is 0 Å². The number of hydrogen-bond acceptors (Lipinski definition) is 2. The van der Waals surface area contributed by atoms with Gasteiger partial charge < -0.3 is 0 Å². The Morgan fingerprint density at radius 3 is 1.28 bits per heavy atom. The molecule has 0 saturated carbocycles. The summed E-state index contributed by atoms with van der Waals surface area (Å²) in [7, 11) is 3.66. The van der Waals surface area contributed by atoms with Crippen molar-refractivity contribution in [3.05, 3.63) is 58.7 Å². The fourth-order valence-electron chi connectivity index (χ4n) is 1.63. The molecule has 0 radical (unpaired) electrons. The van der Waals surface area contributed by atoms with Crippen LogP contribution in [0.3, 0.4) is 0 Å². The first-order valence-corrected chi connectivity index (χ1v) is 8.20. The number of benzene rings is 2. The largest absolute Gasteiger partial charge is 0.0579 e. The SMILES string of the molecule is Cc1ccc(SSc2ccc(C)c(C)c2)cc1C. The van der Waals surface area contributed by atoms with Gasteiger partial charge in [-0.2, -0.15) is 0 Å². The second-order valence-corrected chi connectivity index (χ2v) is 6.93. The van der Waals surface area contributed by atoms with Gasteiger partial charge in [0, 0.05) is 9.79 Å². The van der Waals surface area contributed by atoms with Crippen molar-refractivity contribution in [1.29, 1.82) is 0 Å². The van der Waals surface area contributed by atoms with Crippen LogP contribution < -0.4 is 0 Å². The van der Waals surface area contributed by atoms with Crippen LogP contribution in [0.5, 0.6) is 0 Å². The Hall–Kier alpha value is -0.860. The summed E-state index contributed by atoms with van der Waals surface area (Å²) in [4.78, 5) is 2.64. The Kier molecular flexibility index (Phi) is 4.41. The van der Waals surface area contributed by atoms with E-state index < -0.39 is 0 Å². The van der Waals surface area contributed by atoms with Crippen LogP contribution >= 0.6 is 21.6 Å². The van der Waals surface area contributed by atoms with Gasteiger partial charge in [-0.3, -0.25) is 0 Å². The molecule has 0 nitrogen and oxygen atoms in total. The summed E-state index contributed by atoms with van der Waals surface area (Å²) in [6.07, 6.45) is 0. The molecule has 2 aromatic rings. The molecule has 0 aliphatic rings. The zero-order chi connectivity index (χ0) is 13.1. The molecule has 0 saturated heterocycles. The Morgan fingerprint density at radius 2 is 0.944 bits per heavy atom. The van der Waals surface area contributed by atoms with Crippen LogP contribution in [0.15, 0.2) is 46.2 Å². The first-order valence-electron chi connectivity index (χ1n) is 6.05. The van der Waals surface area contributed by atoms with Crippen molar-refractivity contribution in [2.75, 3.05) is 0 Å². The van der Waals surface area contributed by atoms with E-state index in [1.807, 2.05) is 21.6 Å². The van der Waals surface area contributed by atoms with E-state index in [0.717, 1.165) is 0 Å². The van der Waals surface area contributed by atoms with Crippen molar-refractivity contribution >= 4 is 21.6 Å². The van der Waals surface area contributed by atoms with Crippen molar-refractivity contribution in [1.82, 2.24) is 0 Å². The van der Waals surface area contributed by atoms with Crippen LogP contribution in [0.2, 0.25) is 0 Å². The zero-order valence-electron chi connectivity index (χ0n) is 11.3. The lowest BCUT2D eigenvalue weighted by molar-refractivity contribution is 1.28. The third-order valence-corrected chi connectivity index (χ3v) is 5.57. The fourth-order valence-corrected chi connectivity index (χ4v) is 3.72. The highest BCUT2D eigenvalue weighted by Crippen LogP contribution is 2.38. The van der Waals surface area contributed by atoms with Gasteiger partial charge in [-0.05, 0) is 74.2 Å². The van der Waals surface area contributed by atoms with Crippen LogP contribution in [0.1, 0.15) is 22.3 Å². The molecule has 0 fully saturated rings. The maximum atomic E-state index is 2.26. The van der Waals surface area contributed by atoms with E-state index in [9.17, 15) is 0 Å². The number of hydrogen-bond donors (Lipinski definition) is 0. The van der Waals surface area contributed by atoms with Crippen molar-refractivity contribution in [2.24, 2.45) is 0 Å². The standard InChI is InChI=1S/C16H18S2/c1-11-5-7-15(9-13(11)3)17-18-16-8-6-12(2)14(4)10-16/h5-10H,1-4H3. The number of rotatable bonds is 3. The molecule has 2 rings (SSSR count). The lowest BCUT2D eigenvalue weighted by Gasteiger charge is -2.06. The Bertz CT molecular complexity index is 508. The lowest BCUT2D eigenvalue weighted by Crippen LogP contribution is -1.81. The summed E-state index contributed by atoms with van der Waals surface area (Å²) in [5.41, 5.74) is 5.44. The van der Waals surface area contributed by atoms with Crippen LogP contribution in [0.25, 0.3) is 0 Å². The lowest BCUT2D eigenvalue weighted by atomic mass is 10.1. The smallest absolute Gasteiger partial charge is 0.0189 e. The molecule has 0 spiro atoms. The Labute approximate surface area is 118 Å². The van der Waals surface area contributed by atoms with E-state index in [-0.39, 0.29) is 0 Å². The molecule has 94 valence electrons. The topological polar surface area (TPSA) is 0 Å². The van der Waals surface area contributed by atoms with Gasteiger partial charge in [-0.15, -0.1) is 0 Å². The summed E-state index contributed by atoms with van der Waals surface area (Å²) in [5, 5.41) is 0. The minimum absolute atomic E-state index is 1.32. The maximum Gasteiger partial charge on any atom is 0.0189 e. The molecule has 0 aromatic heterocycles. The normalized spacial score (nSPS) is 10.7. The molecule has 0 aliphatic carbocycles. The highest BCUT2D eigenvalue weighted by atomic mass is 33.1. The van der Waals surface area contributed by atoms with Gasteiger partial charge in [0.05, 0.1) is 0 Å². The molecule has 18 heavy (non-hydrogen) atoms. The van der Waals surface area contributed by atoms with Gasteiger partial charge in [-0.1, -0.05) is 33.7 Å². The monoisotopic (exact) mass is 274 g/mol. The molecule has 0 bridgehead atoms. The molecule has 0 unspecified atom stereocenters. The molecule has 0 N–H and O–H groups in total. The molecule has 0 atom stereocenters. The van der Waals surface area contributed by atoms with E-state index >= 15 is 0 Å². The first-order chi connectivity index (χ1) is 8.56. The molecular formula is C16H18S2. The predicted octanol–water partition coefficient (Wildman–Crippen LogP) is 5.72. The van der Waals surface area contributed by atoms with Gasteiger partial charge in [0.2, 0.25) is 0 Å². The van der Waals surface area contributed by atoms with Crippen LogP contribution in [0.4, 0.5) is 0 Å². The molecule has 0 heterocycles. The third kappa shape index (κ3) is 3.33. The second kappa shape index (κ2) is 5.85. The zero-order valence-corrected chi connectivity index (χ0v) is 12.9. The summed E-state index contributed by atoms with van der Waals surface area (Å²) >= 11 is 0. The maximum absolute atomic E-state index is 2.26. The third-order valence-electron chi connectivity index (χ3n) is 3.19. The van der Waals surface area contributed by atoms with E-state index in [1.165, 1.54) is 32.0 Å². The van der Waals surface area contributed by atoms with Crippen molar-refractivity contribution < 1.29 is 0 Å². The highest BCUT2D eigenvalue weighted by molar-refractivity contribution is 8.76. The fraction of sp³-hybridized carbons (Fsp3) is 0.250. The van der Waals surface area contributed by atoms with Crippen molar-refractivity contribution in [3.8, 4) is 0 Å². The average molecular weight is 274 g/mol. The highest BCUT2D eigenvalue weighted by Gasteiger charge is 2.01. The Morgan fingerprint density at radius 1 is 0.556 bits per heavy atom. The van der Waals surface area contributed by atoms with Crippen molar-refractivity contribution in [3.63, 3.8) is 0 Å². The summed E-state index contributed by atoms with van der Waals surface area (Å²) in [6.45, 7) is 8.64. The molecule has 0 amide bonds. The van der Waals surface area contributed by atoms with Crippen LogP contribution in [-0.4, -0.2) is 0 Å². The van der Waals surface area contributed by atoms with Gasteiger partial charge in [0.15, 0.2) is 0 Å². The van der Waals surface area contributed by atoms with Gasteiger partial charge >= 0.3 is 0 Å². The summed E-state index contributed by atoms with van der Waals surface area (Å²) in [5.74, 6) is 0. The van der Waals surface area contributed by atoms with Crippen LogP contribution in [-0.2, 0) is 0 Å². The quantitative estimate of drug-likeness (QED) is 0.656. The average Bonchev–Trinajstić information content (AvgIpc) is 2.35. The van der Waals surface area contributed by atoms with Gasteiger partial charge in [-0.25, -0.2) is 0 Å². The van der Waals surface area contributed by atoms with Crippen molar-refractivity contribution in [2.45, 2.75) is 37.5 Å². The van der Waals surface area contributed by atoms with Crippen LogP contribution in [0, 0.1) is 27.7 Å². The second-order valence-electron chi connectivity index (χ2n) is 4.66. The molecule has 2 heteroatoms. The Balaban J connectivity index is 2.06. The number of aryl methyl sites for hydroxylation is 4. The first kappa shape index (κ1) is 13.6. The van der Waals surface area contributed by atoms with E-state index in [2.05, 4.69) is 64.1 Å². The van der Waals surface area contributed by atoms with E-state index in [1.54, 1.807) is 0 Å². The van der Waals surface area contributed by atoms with Gasteiger partial charge in [0.1, 0.15) is 0 Å². The summed E-state index contributed by atoms with van der Waals surface area (Å²) in [6, 6.07) is 13.3. The van der Waals surface area contributed by atoms with E-state index in [0.29, 0.717) is 0 Å². The molecular weight excluding hydrogens is 256 g/mol. The minimum atomic E-state index is 1.32. The molecule has 2 aromatic carbocycles.